The summed E-state index contributed by atoms with van der Waals surface area (Å²) < 4.78 is 12.3. The molecule has 2 aliphatic rings. The van der Waals surface area contributed by atoms with Crippen LogP contribution in [0.2, 0.25) is 6.32 Å². The molecule has 0 aromatic heterocycles. The van der Waals surface area contributed by atoms with E-state index in [9.17, 15) is 19.5 Å². The molecule has 10 heteroatoms. The predicted octanol–water partition coefficient (Wildman–Crippen LogP) is 3.28. The first-order valence-corrected chi connectivity index (χ1v) is 12.3. The zero-order valence-electron chi connectivity index (χ0n) is 22.4. The van der Waals surface area contributed by atoms with E-state index in [1.807, 2.05) is 48.5 Å². The van der Waals surface area contributed by atoms with Crippen LogP contribution in [0.1, 0.15) is 81.1 Å². The van der Waals surface area contributed by atoms with Gasteiger partial charge < -0.3 is 29.9 Å². The Morgan fingerprint density at radius 2 is 1.65 bits per heavy atom. The minimum Gasteiger partial charge on any atom is -0.465 e. The molecule has 9 nitrogen and oxygen atoms in total. The van der Waals surface area contributed by atoms with Crippen molar-refractivity contribution in [2.24, 2.45) is 11.8 Å². The number of carboxylic acid groups (broad SMARTS) is 1. The van der Waals surface area contributed by atoms with E-state index < -0.39 is 28.4 Å². The molecule has 0 aromatic rings. The topological polar surface area (TPSA) is 117 Å². The molecular weight excluding hydrogens is 437 g/mol. The molecule has 1 saturated heterocycles. The summed E-state index contributed by atoms with van der Waals surface area (Å²) >= 11 is 0. The Morgan fingerprint density at radius 3 is 2.12 bits per heavy atom. The van der Waals surface area contributed by atoms with Crippen LogP contribution in [-0.2, 0) is 18.9 Å². The molecule has 1 aliphatic heterocycles. The summed E-state index contributed by atoms with van der Waals surface area (Å²) in [5, 5.41) is 14.7. The van der Waals surface area contributed by atoms with Crippen molar-refractivity contribution in [3.8, 4) is 0 Å². The molecule has 0 bridgehead atoms. The van der Waals surface area contributed by atoms with E-state index in [-0.39, 0.29) is 37.3 Å². The largest absolute Gasteiger partial charge is 0.465 e. The number of rotatable bonds is 7. The average Bonchev–Trinajstić information content (AvgIpc) is 2.89. The quantitative estimate of drug-likeness (QED) is 0.481. The lowest BCUT2D eigenvalue weighted by Crippen LogP contribution is -2.68. The van der Waals surface area contributed by atoms with Crippen LogP contribution in [-0.4, -0.2) is 70.9 Å². The van der Waals surface area contributed by atoms with E-state index >= 15 is 0 Å². The number of likely N-dealkylation sites (N-methyl/N-ethyl adjacent to an activating group) is 1. The van der Waals surface area contributed by atoms with Gasteiger partial charge in [-0.1, -0.05) is 6.42 Å². The van der Waals surface area contributed by atoms with E-state index in [1.54, 1.807) is 7.05 Å². The summed E-state index contributed by atoms with van der Waals surface area (Å²) in [5.74, 6) is -0.646. The molecule has 3 amide bonds. The van der Waals surface area contributed by atoms with Gasteiger partial charge in [-0.25, -0.2) is 4.79 Å². The SMILES string of the molecule is CC(=O)N(C)C1(C(=O)NC(C)(C)C)C[C@H](CCB2OC(C)(C)C(C)(C)O2)CCC1CNC(=O)O. The van der Waals surface area contributed by atoms with Gasteiger partial charge in [0.25, 0.3) is 0 Å². The first-order chi connectivity index (χ1) is 15.4. The molecule has 2 rings (SSSR count). The van der Waals surface area contributed by atoms with Crippen LogP contribution in [0.5, 0.6) is 0 Å². The molecule has 3 atom stereocenters. The van der Waals surface area contributed by atoms with E-state index in [4.69, 9.17) is 9.31 Å². The highest BCUT2D eigenvalue weighted by Crippen LogP contribution is 2.44. The lowest BCUT2D eigenvalue weighted by Gasteiger charge is -2.51. The number of hydrogen-bond acceptors (Lipinski definition) is 5. The standard InChI is InChI=1S/C24H44BN3O6/c1-16(29)28(9)24(19(30)27-21(2,3)4)14-17(10-11-18(24)15-26-20(31)32)12-13-25-33-22(5,6)23(7,8)34-25/h17-18,26H,10-15H2,1-9H3,(H,27,30)(H,31,32)/t17-,18?,24?/m0/s1. The fourth-order valence-electron chi connectivity index (χ4n) is 5.14. The molecule has 2 fully saturated rings. The summed E-state index contributed by atoms with van der Waals surface area (Å²) in [6, 6.07) is 0. The third-order valence-electron chi connectivity index (χ3n) is 7.76. The van der Waals surface area contributed by atoms with Crippen molar-refractivity contribution in [3.05, 3.63) is 0 Å². The van der Waals surface area contributed by atoms with E-state index in [2.05, 4.69) is 10.6 Å². The van der Waals surface area contributed by atoms with Crippen molar-refractivity contribution < 1.29 is 28.8 Å². The Kier molecular flexibility index (Phi) is 8.41. The second-order valence-corrected chi connectivity index (χ2v) is 12.0. The Balaban J connectivity index is 2.29. The number of nitrogens with one attached hydrogen (secondary N) is 2. The summed E-state index contributed by atoms with van der Waals surface area (Å²) in [6.07, 6.45) is 2.25. The van der Waals surface area contributed by atoms with Crippen LogP contribution in [0.3, 0.4) is 0 Å². The maximum absolute atomic E-state index is 13.8. The molecule has 0 spiro atoms. The molecule has 194 valence electrons. The lowest BCUT2D eigenvalue weighted by atomic mass is 9.64. The van der Waals surface area contributed by atoms with Gasteiger partial charge in [-0.15, -0.1) is 0 Å². The average molecular weight is 481 g/mol. The number of carbonyl (C=O) groups excluding carboxylic acids is 2. The highest BCUT2D eigenvalue weighted by Gasteiger charge is 2.55. The Morgan fingerprint density at radius 1 is 1.09 bits per heavy atom. The van der Waals surface area contributed by atoms with Crippen LogP contribution >= 0.6 is 0 Å². The van der Waals surface area contributed by atoms with Crippen molar-refractivity contribution in [2.75, 3.05) is 13.6 Å². The van der Waals surface area contributed by atoms with Crippen molar-refractivity contribution in [3.63, 3.8) is 0 Å². The van der Waals surface area contributed by atoms with Crippen LogP contribution < -0.4 is 10.6 Å². The highest BCUT2D eigenvalue weighted by atomic mass is 16.7. The minimum absolute atomic E-state index is 0.106. The van der Waals surface area contributed by atoms with Gasteiger partial charge in [-0.3, -0.25) is 9.59 Å². The van der Waals surface area contributed by atoms with Crippen LogP contribution in [0.25, 0.3) is 0 Å². The summed E-state index contributed by atoms with van der Waals surface area (Å²) in [4.78, 5) is 39.1. The number of carbonyl (C=O) groups is 3. The van der Waals surface area contributed by atoms with Gasteiger partial charge in [0, 0.05) is 32.0 Å². The highest BCUT2D eigenvalue weighted by molar-refractivity contribution is 6.45. The predicted molar refractivity (Wildman–Crippen MR) is 131 cm³/mol. The van der Waals surface area contributed by atoms with E-state index in [0.29, 0.717) is 19.2 Å². The van der Waals surface area contributed by atoms with Crippen LogP contribution in [0, 0.1) is 11.8 Å². The van der Waals surface area contributed by atoms with Gasteiger partial charge in [0.2, 0.25) is 11.8 Å². The molecule has 1 heterocycles. The monoisotopic (exact) mass is 481 g/mol. The third-order valence-corrected chi connectivity index (χ3v) is 7.76. The number of nitrogens with zero attached hydrogens (tertiary/aromatic N) is 1. The van der Waals surface area contributed by atoms with Crippen LogP contribution in [0.15, 0.2) is 0 Å². The smallest absolute Gasteiger partial charge is 0.457 e. The molecule has 1 aliphatic carbocycles. The Labute approximate surface area is 204 Å². The molecule has 34 heavy (non-hydrogen) atoms. The van der Waals surface area contributed by atoms with Gasteiger partial charge in [0.05, 0.1) is 11.2 Å². The maximum atomic E-state index is 13.8. The lowest BCUT2D eigenvalue weighted by molar-refractivity contribution is -0.154. The van der Waals surface area contributed by atoms with E-state index in [1.165, 1.54) is 11.8 Å². The zero-order chi connectivity index (χ0) is 26.1. The maximum Gasteiger partial charge on any atom is 0.457 e. The molecule has 3 N–H and O–H groups in total. The molecule has 2 unspecified atom stereocenters. The summed E-state index contributed by atoms with van der Waals surface area (Å²) in [5.41, 5.74) is -2.45. The Bertz CT molecular complexity index is 765. The Hall–Kier alpha value is -1.81. The second-order valence-electron chi connectivity index (χ2n) is 12.0. The first-order valence-electron chi connectivity index (χ1n) is 12.3. The van der Waals surface area contributed by atoms with Crippen molar-refractivity contribution in [1.29, 1.82) is 0 Å². The second kappa shape index (κ2) is 10.1. The molecule has 1 saturated carbocycles. The molecule has 0 aromatic carbocycles. The van der Waals surface area contributed by atoms with Crippen molar-refractivity contribution in [1.82, 2.24) is 15.5 Å². The van der Waals surface area contributed by atoms with Gasteiger partial charge in [0.15, 0.2) is 0 Å². The van der Waals surface area contributed by atoms with Gasteiger partial charge >= 0.3 is 13.2 Å². The minimum atomic E-state index is -1.15. The summed E-state index contributed by atoms with van der Waals surface area (Å²) in [6.45, 7) is 15.3. The molecular formula is C24H44BN3O6. The van der Waals surface area contributed by atoms with Crippen molar-refractivity contribution in [2.45, 2.75) is 110 Å². The van der Waals surface area contributed by atoms with Crippen LogP contribution in [0.4, 0.5) is 4.79 Å². The normalized spacial score (nSPS) is 28.3. The fourth-order valence-corrected chi connectivity index (χ4v) is 5.14. The van der Waals surface area contributed by atoms with Crippen molar-refractivity contribution >= 4 is 25.0 Å². The van der Waals surface area contributed by atoms with E-state index in [0.717, 1.165) is 12.8 Å². The molecule has 0 radical (unpaired) electrons. The zero-order valence-corrected chi connectivity index (χ0v) is 22.4. The first kappa shape index (κ1) is 28.4. The number of amides is 3. The fraction of sp³-hybridized carbons (Fsp3) is 0.875. The number of hydrogen-bond donors (Lipinski definition) is 3. The van der Waals surface area contributed by atoms with Gasteiger partial charge in [-0.05, 0) is 80.0 Å². The van der Waals surface area contributed by atoms with Gasteiger partial charge in [-0.2, -0.15) is 0 Å². The van der Waals surface area contributed by atoms with Gasteiger partial charge in [0.1, 0.15) is 5.54 Å². The third kappa shape index (κ3) is 6.25. The summed E-state index contributed by atoms with van der Waals surface area (Å²) in [7, 11) is 1.33.